The van der Waals surface area contributed by atoms with Crippen molar-refractivity contribution in [3.8, 4) is 5.75 Å². The van der Waals surface area contributed by atoms with E-state index in [1.807, 2.05) is 6.92 Å². The van der Waals surface area contributed by atoms with Crippen molar-refractivity contribution in [2.75, 3.05) is 13.7 Å². The molecule has 1 rings (SSSR count). The molecule has 0 radical (unpaired) electrons. The highest BCUT2D eigenvalue weighted by atomic mass is 16.5. The van der Waals surface area contributed by atoms with Crippen LogP contribution in [0.2, 0.25) is 0 Å². The largest absolute Gasteiger partial charge is 0.484 e. The number of unbranched alkanes of at least 4 members (excludes halogenated alkanes) is 1. The number of carboxylic acid groups (broad SMARTS) is 1. The van der Waals surface area contributed by atoms with E-state index in [4.69, 9.17) is 9.84 Å². The molecule has 7 nitrogen and oxygen atoms in total. The van der Waals surface area contributed by atoms with E-state index in [9.17, 15) is 14.4 Å². The predicted octanol–water partition coefficient (Wildman–Crippen LogP) is 1.11. The minimum atomic E-state index is -1.03. The Morgan fingerprint density at radius 3 is 2.62 bits per heavy atom. The van der Waals surface area contributed by atoms with Gasteiger partial charge in [-0.25, -0.2) is 4.79 Å². The first-order valence-corrected chi connectivity index (χ1v) is 7.90. The van der Waals surface area contributed by atoms with Crippen LogP contribution in [0.3, 0.4) is 0 Å². The molecule has 0 saturated carbocycles. The van der Waals surface area contributed by atoms with Crippen molar-refractivity contribution in [3.63, 3.8) is 0 Å². The van der Waals surface area contributed by atoms with E-state index in [2.05, 4.69) is 10.6 Å². The number of aliphatic carboxylic acids is 1. The van der Waals surface area contributed by atoms with Gasteiger partial charge in [0.2, 0.25) is 5.91 Å². The van der Waals surface area contributed by atoms with Gasteiger partial charge in [-0.05, 0) is 24.1 Å². The molecule has 0 heterocycles. The Morgan fingerprint density at radius 1 is 1.25 bits per heavy atom. The molecule has 7 heteroatoms. The lowest BCUT2D eigenvalue weighted by Crippen LogP contribution is -2.41. The third-order valence-electron chi connectivity index (χ3n) is 3.39. The molecule has 24 heavy (non-hydrogen) atoms. The first-order valence-electron chi connectivity index (χ1n) is 7.90. The number of carboxylic acids is 1. The Morgan fingerprint density at radius 2 is 2.00 bits per heavy atom. The van der Waals surface area contributed by atoms with Crippen LogP contribution >= 0.6 is 0 Å². The summed E-state index contributed by atoms with van der Waals surface area (Å²) in [5.74, 6) is -1.16. The fourth-order valence-electron chi connectivity index (χ4n) is 2.06. The van der Waals surface area contributed by atoms with E-state index in [1.54, 1.807) is 24.3 Å². The summed E-state index contributed by atoms with van der Waals surface area (Å²) >= 11 is 0. The third kappa shape index (κ3) is 7.13. The first-order chi connectivity index (χ1) is 11.5. The standard InChI is InChI=1S/C17H24N2O5/c1-3-4-8-14(17(22)23)19-15(20)10-12-6-5-7-13(9-12)24-11-16(21)18-2/h5-7,9,14H,3-4,8,10-11H2,1-2H3,(H,18,21)(H,19,20)(H,22,23). The van der Waals surface area contributed by atoms with Crippen LogP contribution in [0, 0.1) is 0 Å². The number of hydrogen-bond acceptors (Lipinski definition) is 4. The highest BCUT2D eigenvalue weighted by Gasteiger charge is 2.19. The number of carbonyl (C=O) groups excluding carboxylic acids is 2. The zero-order valence-electron chi connectivity index (χ0n) is 14.0. The molecule has 0 bridgehead atoms. The van der Waals surface area contributed by atoms with E-state index < -0.39 is 12.0 Å². The Hall–Kier alpha value is -2.57. The minimum Gasteiger partial charge on any atom is -0.484 e. The van der Waals surface area contributed by atoms with Gasteiger partial charge in [-0.15, -0.1) is 0 Å². The van der Waals surface area contributed by atoms with E-state index in [-0.39, 0.29) is 24.8 Å². The molecule has 0 aromatic heterocycles. The monoisotopic (exact) mass is 336 g/mol. The lowest BCUT2D eigenvalue weighted by molar-refractivity contribution is -0.142. The van der Waals surface area contributed by atoms with Gasteiger partial charge in [0.1, 0.15) is 11.8 Å². The van der Waals surface area contributed by atoms with Crippen LogP contribution in [0.15, 0.2) is 24.3 Å². The van der Waals surface area contributed by atoms with Crippen molar-refractivity contribution in [1.29, 1.82) is 0 Å². The molecule has 0 spiro atoms. The third-order valence-corrected chi connectivity index (χ3v) is 3.39. The van der Waals surface area contributed by atoms with Crippen LogP contribution < -0.4 is 15.4 Å². The maximum Gasteiger partial charge on any atom is 0.326 e. The summed E-state index contributed by atoms with van der Waals surface area (Å²) in [4.78, 5) is 34.4. The summed E-state index contributed by atoms with van der Waals surface area (Å²) in [5.41, 5.74) is 0.682. The fraction of sp³-hybridized carbons (Fsp3) is 0.471. The molecule has 1 aromatic carbocycles. The zero-order chi connectivity index (χ0) is 17.9. The van der Waals surface area contributed by atoms with Crippen LogP contribution in [0.4, 0.5) is 0 Å². The number of likely N-dealkylation sites (N-methyl/N-ethyl adjacent to an activating group) is 1. The van der Waals surface area contributed by atoms with Gasteiger partial charge in [0.05, 0.1) is 6.42 Å². The van der Waals surface area contributed by atoms with E-state index in [0.29, 0.717) is 17.7 Å². The van der Waals surface area contributed by atoms with Gasteiger partial charge >= 0.3 is 5.97 Å². The molecule has 1 unspecified atom stereocenters. The molecule has 0 aliphatic carbocycles. The molecule has 3 N–H and O–H groups in total. The molecule has 0 fully saturated rings. The number of carbonyl (C=O) groups is 3. The van der Waals surface area contributed by atoms with Gasteiger partial charge in [-0.2, -0.15) is 0 Å². The number of nitrogens with one attached hydrogen (secondary N) is 2. The normalized spacial score (nSPS) is 11.4. The van der Waals surface area contributed by atoms with Crippen molar-refractivity contribution in [1.82, 2.24) is 10.6 Å². The second-order valence-electron chi connectivity index (χ2n) is 5.39. The molecule has 1 atom stereocenters. The highest BCUT2D eigenvalue weighted by molar-refractivity contribution is 5.84. The Balaban J connectivity index is 2.59. The van der Waals surface area contributed by atoms with Crippen LogP contribution in [-0.4, -0.2) is 42.6 Å². The molecule has 1 aromatic rings. The topological polar surface area (TPSA) is 105 Å². The number of ether oxygens (including phenoxy) is 1. The Labute approximate surface area is 141 Å². The second kappa shape index (κ2) is 10.3. The average molecular weight is 336 g/mol. The van der Waals surface area contributed by atoms with Crippen molar-refractivity contribution in [2.45, 2.75) is 38.6 Å². The number of rotatable bonds is 10. The van der Waals surface area contributed by atoms with E-state index >= 15 is 0 Å². The van der Waals surface area contributed by atoms with Gasteiger partial charge in [0, 0.05) is 7.05 Å². The van der Waals surface area contributed by atoms with E-state index in [1.165, 1.54) is 7.05 Å². The molecular formula is C17H24N2O5. The minimum absolute atomic E-state index is 0.0487. The first kappa shape index (κ1) is 19.5. The maximum absolute atomic E-state index is 12.0. The van der Waals surface area contributed by atoms with Crippen molar-refractivity contribution < 1.29 is 24.2 Å². The van der Waals surface area contributed by atoms with Crippen LogP contribution in [-0.2, 0) is 20.8 Å². The molecule has 2 amide bonds. The molecular weight excluding hydrogens is 312 g/mol. The highest BCUT2D eigenvalue weighted by Crippen LogP contribution is 2.14. The smallest absolute Gasteiger partial charge is 0.326 e. The lowest BCUT2D eigenvalue weighted by atomic mass is 10.1. The molecule has 0 saturated heterocycles. The number of hydrogen-bond donors (Lipinski definition) is 3. The van der Waals surface area contributed by atoms with Crippen LogP contribution in [0.25, 0.3) is 0 Å². The van der Waals surface area contributed by atoms with Gasteiger partial charge < -0.3 is 20.5 Å². The molecule has 0 aliphatic rings. The Bertz CT molecular complexity index is 574. The van der Waals surface area contributed by atoms with Crippen molar-refractivity contribution in [3.05, 3.63) is 29.8 Å². The van der Waals surface area contributed by atoms with Crippen LogP contribution in [0.5, 0.6) is 5.75 Å². The SMILES string of the molecule is CCCCC(NC(=O)Cc1cccc(OCC(=O)NC)c1)C(=O)O. The van der Waals surface area contributed by atoms with Gasteiger partial charge in [-0.3, -0.25) is 9.59 Å². The summed E-state index contributed by atoms with van der Waals surface area (Å²) in [5, 5.41) is 14.1. The summed E-state index contributed by atoms with van der Waals surface area (Å²) < 4.78 is 5.32. The predicted molar refractivity (Wildman–Crippen MR) is 88.8 cm³/mol. The van der Waals surface area contributed by atoms with Gasteiger partial charge in [0.15, 0.2) is 6.61 Å². The lowest BCUT2D eigenvalue weighted by Gasteiger charge is -2.14. The van der Waals surface area contributed by atoms with E-state index in [0.717, 1.165) is 12.8 Å². The Kier molecular flexibility index (Phi) is 8.32. The fourth-order valence-corrected chi connectivity index (χ4v) is 2.06. The number of benzene rings is 1. The quantitative estimate of drug-likeness (QED) is 0.594. The van der Waals surface area contributed by atoms with Gasteiger partial charge in [-0.1, -0.05) is 31.9 Å². The average Bonchev–Trinajstić information content (AvgIpc) is 2.56. The maximum atomic E-state index is 12.0. The number of amides is 2. The molecule has 132 valence electrons. The summed E-state index contributed by atoms with van der Waals surface area (Å²) in [6.07, 6.45) is 2.06. The van der Waals surface area contributed by atoms with Crippen molar-refractivity contribution >= 4 is 17.8 Å². The van der Waals surface area contributed by atoms with Gasteiger partial charge in [0.25, 0.3) is 5.91 Å². The zero-order valence-corrected chi connectivity index (χ0v) is 14.0. The van der Waals surface area contributed by atoms with Crippen molar-refractivity contribution in [2.24, 2.45) is 0 Å². The molecule has 0 aliphatic heterocycles. The summed E-state index contributed by atoms with van der Waals surface area (Å²) in [6.45, 7) is 1.86. The summed E-state index contributed by atoms with van der Waals surface area (Å²) in [6, 6.07) is 5.93. The summed E-state index contributed by atoms with van der Waals surface area (Å²) in [7, 11) is 1.52. The second-order valence-corrected chi connectivity index (χ2v) is 5.39. The van der Waals surface area contributed by atoms with Crippen LogP contribution in [0.1, 0.15) is 31.7 Å².